The van der Waals surface area contributed by atoms with E-state index in [1.165, 1.54) is 5.71 Å². The van der Waals surface area contributed by atoms with Crippen LogP contribution in [0.1, 0.15) is 20.8 Å². The van der Waals surface area contributed by atoms with Gasteiger partial charge in [0, 0.05) is 6.92 Å². The second-order valence-electron chi connectivity index (χ2n) is 3.56. The highest BCUT2D eigenvalue weighted by atomic mass is 16.0. The van der Waals surface area contributed by atoms with Crippen molar-refractivity contribution in [1.82, 2.24) is 5.32 Å². The predicted molar refractivity (Wildman–Crippen MR) is 45.7 cm³/mol. The molecule has 0 fully saturated rings. The minimum Gasteiger partial charge on any atom is -0.870 e. The first-order valence-electron chi connectivity index (χ1n) is 3.84. The monoisotopic (exact) mass is 158 g/mol. The molecule has 0 saturated heterocycles. The molecule has 0 radical (unpaired) electrons. The molecular formula is C8H18N2O. The molecule has 0 spiro atoms. The van der Waals surface area contributed by atoms with Gasteiger partial charge in [0.2, 0.25) is 0 Å². The van der Waals surface area contributed by atoms with Crippen molar-refractivity contribution in [3.8, 4) is 0 Å². The van der Waals surface area contributed by atoms with Crippen molar-refractivity contribution in [2.24, 2.45) is 0 Å². The molecule has 0 aliphatic carbocycles. The summed E-state index contributed by atoms with van der Waals surface area (Å²) in [5, 5.41) is 3.46. The van der Waals surface area contributed by atoms with Crippen LogP contribution in [0.3, 0.4) is 0 Å². The van der Waals surface area contributed by atoms with Gasteiger partial charge >= 0.3 is 0 Å². The molecular weight excluding hydrogens is 140 g/mol. The van der Waals surface area contributed by atoms with Crippen LogP contribution in [0.25, 0.3) is 0 Å². The number of likely N-dealkylation sites (N-methyl/N-ethyl adjacent to an activating group) is 1. The Morgan fingerprint density at radius 2 is 2.00 bits per heavy atom. The summed E-state index contributed by atoms with van der Waals surface area (Å²) in [5.74, 6) is 0. The van der Waals surface area contributed by atoms with Crippen LogP contribution in [0.15, 0.2) is 0 Å². The molecule has 2 N–H and O–H groups in total. The van der Waals surface area contributed by atoms with Gasteiger partial charge in [0.1, 0.15) is 7.05 Å². The molecule has 0 unspecified atom stereocenters. The van der Waals surface area contributed by atoms with Crippen molar-refractivity contribution in [3.63, 3.8) is 0 Å². The van der Waals surface area contributed by atoms with E-state index in [1.807, 2.05) is 0 Å². The Labute approximate surface area is 68.4 Å². The second-order valence-corrected chi connectivity index (χ2v) is 3.56. The van der Waals surface area contributed by atoms with Gasteiger partial charge in [0.15, 0.2) is 12.3 Å². The summed E-state index contributed by atoms with van der Waals surface area (Å²) in [6.45, 7) is 8.86. The quantitative estimate of drug-likeness (QED) is 0.515. The van der Waals surface area contributed by atoms with Gasteiger partial charge in [0.25, 0.3) is 0 Å². The van der Waals surface area contributed by atoms with E-state index in [1.54, 1.807) is 0 Å². The van der Waals surface area contributed by atoms with E-state index >= 15 is 0 Å². The first kappa shape index (κ1) is 10.6. The minimum atomic E-state index is 0. The summed E-state index contributed by atoms with van der Waals surface area (Å²) < 4.78 is 2.32. The lowest BCUT2D eigenvalue weighted by Gasteiger charge is -2.28. The van der Waals surface area contributed by atoms with Crippen molar-refractivity contribution < 1.29 is 10.1 Å². The van der Waals surface area contributed by atoms with Crippen molar-refractivity contribution >= 4 is 5.71 Å². The van der Waals surface area contributed by atoms with Crippen molar-refractivity contribution in [1.29, 1.82) is 0 Å². The zero-order chi connectivity index (χ0) is 7.78. The summed E-state index contributed by atoms with van der Waals surface area (Å²) in [6, 6.07) is 0. The molecule has 0 bridgehead atoms. The van der Waals surface area contributed by atoms with Gasteiger partial charge in [0.05, 0.1) is 12.1 Å². The summed E-state index contributed by atoms with van der Waals surface area (Å²) in [6.07, 6.45) is 0. The molecule has 0 atom stereocenters. The maximum absolute atomic E-state index is 3.46. The Hall–Kier alpha value is -0.410. The predicted octanol–water partition coefficient (Wildman–Crippen LogP) is 0.295. The van der Waals surface area contributed by atoms with Crippen LogP contribution in [0.2, 0.25) is 0 Å². The molecule has 11 heavy (non-hydrogen) atoms. The lowest BCUT2D eigenvalue weighted by atomic mass is 9.97. The molecule has 0 saturated carbocycles. The van der Waals surface area contributed by atoms with Crippen LogP contribution >= 0.6 is 0 Å². The number of hydrogen-bond donors (Lipinski definition) is 1. The van der Waals surface area contributed by atoms with Crippen molar-refractivity contribution in [3.05, 3.63) is 0 Å². The van der Waals surface area contributed by atoms with Crippen molar-refractivity contribution in [2.75, 3.05) is 20.1 Å². The number of nitrogens with one attached hydrogen (secondary N) is 1. The number of rotatable bonds is 0. The molecule has 1 rings (SSSR count). The fourth-order valence-corrected chi connectivity index (χ4v) is 1.31. The Balaban J connectivity index is 0.000001000. The lowest BCUT2D eigenvalue weighted by molar-refractivity contribution is -0.503. The summed E-state index contributed by atoms with van der Waals surface area (Å²) in [7, 11) is 2.15. The van der Waals surface area contributed by atoms with E-state index in [0.717, 1.165) is 13.1 Å². The first-order valence-corrected chi connectivity index (χ1v) is 3.84. The Bertz CT molecular complexity index is 173. The van der Waals surface area contributed by atoms with E-state index in [4.69, 9.17) is 0 Å². The summed E-state index contributed by atoms with van der Waals surface area (Å²) in [4.78, 5) is 0. The SMILES string of the molecule is CC1=[N+](C)CCNC1(C)C.[OH-]. The van der Waals surface area contributed by atoms with Gasteiger partial charge in [-0.3, -0.25) is 5.32 Å². The van der Waals surface area contributed by atoms with Crippen LogP contribution in [0, 0.1) is 0 Å². The van der Waals surface area contributed by atoms with Crippen LogP contribution in [-0.4, -0.2) is 41.4 Å². The van der Waals surface area contributed by atoms with E-state index in [0.29, 0.717) is 0 Å². The van der Waals surface area contributed by atoms with E-state index in [-0.39, 0.29) is 11.0 Å². The lowest BCUT2D eigenvalue weighted by Crippen LogP contribution is -2.54. The number of nitrogens with zero attached hydrogens (tertiary/aromatic N) is 1. The maximum Gasteiger partial charge on any atom is 0.168 e. The topological polar surface area (TPSA) is 45.0 Å². The van der Waals surface area contributed by atoms with Crippen LogP contribution in [0.5, 0.6) is 0 Å². The summed E-state index contributed by atoms with van der Waals surface area (Å²) in [5.41, 5.74) is 1.63. The molecule has 0 amide bonds. The van der Waals surface area contributed by atoms with Gasteiger partial charge in [-0.25, -0.2) is 4.58 Å². The van der Waals surface area contributed by atoms with Crippen LogP contribution in [0.4, 0.5) is 0 Å². The van der Waals surface area contributed by atoms with E-state index in [2.05, 4.69) is 37.7 Å². The minimum absolute atomic E-state index is 0. The molecule has 0 aromatic heterocycles. The highest BCUT2D eigenvalue weighted by molar-refractivity contribution is 5.86. The zero-order valence-electron chi connectivity index (χ0n) is 7.81. The number of hydrogen-bond acceptors (Lipinski definition) is 2. The van der Waals surface area contributed by atoms with Gasteiger partial charge in [-0.1, -0.05) is 0 Å². The Morgan fingerprint density at radius 3 is 2.36 bits per heavy atom. The van der Waals surface area contributed by atoms with Crippen molar-refractivity contribution in [2.45, 2.75) is 26.3 Å². The average molecular weight is 158 g/mol. The Morgan fingerprint density at radius 1 is 1.45 bits per heavy atom. The largest absolute Gasteiger partial charge is 0.870 e. The normalized spacial score (nSPS) is 22.9. The summed E-state index contributed by atoms with van der Waals surface area (Å²) >= 11 is 0. The fraction of sp³-hybridized carbons (Fsp3) is 0.875. The molecule has 66 valence electrons. The van der Waals surface area contributed by atoms with Gasteiger partial charge in [-0.05, 0) is 13.8 Å². The maximum atomic E-state index is 3.46. The molecule has 0 aromatic rings. The van der Waals surface area contributed by atoms with Crippen LogP contribution in [-0.2, 0) is 0 Å². The third kappa shape index (κ3) is 2.01. The molecule has 1 aliphatic rings. The second kappa shape index (κ2) is 3.32. The smallest absolute Gasteiger partial charge is 0.168 e. The standard InChI is InChI=1S/C8H17N2.H2O/c1-7-8(2,3)9-5-6-10(7)4;/h9H,5-6H2,1-4H3;1H2/q+1;/p-1. The fourth-order valence-electron chi connectivity index (χ4n) is 1.31. The van der Waals surface area contributed by atoms with Crippen LogP contribution < -0.4 is 5.32 Å². The average Bonchev–Trinajstić information content (AvgIpc) is 1.83. The third-order valence-corrected chi connectivity index (χ3v) is 2.49. The highest BCUT2D eigenvalue weighted by Gasteiger charge is 2.30. The van der Waals surface area contributed by atoms with Gasteiger partial charge in [-0.15, -0.1) is 0 Å². The molecule has 3 heteroatoms. The Kier molecular flexibility index (Phi) is 3.20. The molecule has 0 aromatic carbocycles. The molecule has 1 heterocycles. The van der Waals surface area contributed by atoms with Gasteiger partial charge in [-0.2, -0.15) is 0 Å². The van der Waals surface area contributed by atoms with Gasteiger partial charge < -0.3 is 5.48 Å². The zero-order valence-corrected chi connectivity index (χ0v) is 7.81. The highest BCUT2D eigenvalue weighted by Crippen LogP contribution is 2.07. The first-order chi connectivity index (χ1) is 4.54. The molecule has 1 aliphatic heterocycles. The molecule has 3 nitrogen and oxygen atoms in total. The van der Waals surface area contributed by atoms with E-state index < -0.39 is 0 Å². The van der Waals surface area contributed by atoms with E-state index in [9.17, 15) is 0 Å². The third-order valence-electron chi connectivity index (χ3n) is 2.49.